The van der Waals surface area contributed by atoms with Crippen molar-refractivity contribution in [3.63, 3.8) is 0 Å². The first-order chi connectivity index (χ1) is 12.1. The molecule has 1 aromatic rings. The second-order valence-electron chi connectivity index (χ2n) is 8.07. The number of likely N-dealkylation sites (tertiary alicyclic amines) is 1. The van der Waals surface area contributed by atoms with E-state index in [0.717, 1.165) is 31.8 Å². The van der Waals surface area contributed by atoms with Crippen molar-refractivity contribution in [3.8, 4) is 0 Å². The van der Waals surface area contributed by atoms with E-state index in [0.29, 0.717) is 18.7 Å². The Balaban J connectivity index is 2.06. The number of benzene rings is 1. The van der Waals surface area contributed by atoms with Gasteiger partial charge in [-0.3, -0.25) is 4.79 Å². The molecule has 1 fully saturated rings. The van der Waals surface area contributed by atoms with E-state index in [1.54, 1.807) is 4.90 Å². The predicted molar refractivity (Wildman–Crippen MR) is 96.6 cm³/mol. The average molecular weight is 370 g/mol. The zero-order chi connectivity index (χ0) is 19.4. The van der Waals surface area contributed by atoms with Crippen molar-refractivity contribution >= 4 is 5.91 Å². The van der Waals surface area contributed by atoms with Gasteiger partial charge >= 0.3 is 6.18 Å². The minimum atomic E-state index is -4.34. The van der Waals surface area contributed by atoms with Gasteiger partial charge in [0.05, 0.1) is 5.56 Å². The van der Waals surface area contributed by atoms with Crippen LogP contribution in [0.4, 0.5) is 13.2 Å². The molecule has 3 nitrogen and oxygen atoms in total. The molecule has 0 aliphatic carbocycles. The van der Waals surface area contributed by atoms with Crippen molar-refractivity contribution in [1.82, 2.24) is 9.80 Å². The summed E-state index contributed by atoms with van der Waals surface area (Å²) in [5.41, 5.74) is -0.467. The number of piperidine rings is 1. The van der Waals surface area contributed by atoms with Gasteiger partial charge in [0.15, 0.2) is 0 Å². The predicted octanol–water partition coefficient (Wildman–Crippen LogP) is 4.57. The summed E-state index contributed by atoms with van der Waals surface area (Å²) < 4.78 is 38.2. The van der Waals surface area contributed by atoms with Crippen molar-refractivity contribution < 1.29 is 18.0 Å². The SMILES string of the molecule is CC(C)(C)C(=O)N(CCN1CCCCC1)Cc1ccc(C(F)(F)F)cc1. The van der Waals surface area contributed by atoms with Crippen molar-refractivity contribution in [3.05, 3.63) is 35.4 Å². The largest absolute Gasteiger partial charge is 0.416 e. The van der Waals surface area contributed by atoms with Crippen LogP contribution in [-0.2, 0) is 17.5 Å². The van der Waals surface area contributed by atoms with Crippen LogP contribution in [-0.4, -0.2) is 41.9 Å². The fourth-order valence-corrected chi connectivity index (χ4v) is 3.19. The Bertz CT molecular complexity index is 585. The Morgan fingerprint density at radius 3 is 2.12 bits per heavy atom. The Kier molecular flexibility index (Phi) is 6.72. The maximum Gasteiger partial charge on any atom is 0.416 e. The van der Waals surface area contributed by atoms with Crippen LogP contribution in [0.3, 0.4) is 0 Å². The normalized spacial score (nSPS) is 16.5. The number of hydrogen-bond acceptors (Lipinski definition) is 2. The highest BCUT2D eigenvalue weighted by Gasteiger charge is 2.31. The Hall–Kier alpha value is -1.56. The molecule has 0 bridgehead atoms. The van der Waals surface area contributed by atoms with Gasteiger partial charge in [-0.2, -0.15) is 13.2 Å². The molecule has 0 aromatic heterocycles. The summed E-state index contributed by atoms with van der Waals surface area (Å²) in [6, 6.07) is 5.10. The van der Waals surface area contributed by atoms with Crippen LogP contribution < -0.4 is 0 Å². The first kappa shape index (κ1) is 20.7. The average Bonchev–Trinajstić information content (AvgIpc) is 2.57. The van der Waals surface area contributed by atoms with Crippen molar-refractivity contribution in [1.29, 1.82) is 0 Å². The van der Waals surface area contributed by atoms with Crippen LogP contribution in [0, 0.1) is 5.41 Å². The van der Waals surface area contributed by atoms with Gasteiger partial charge in [0.2, 0.25) is 5.91 Å². The highest BCUT2D eigenvalue weighted by Crippen LogP contribution is 2.29. The van der Waals surface area contributed by atoms with Gasteiger partial charge in [0.25, 0.3) is 0 Å². The van der Waals surface area contributed by atoms with E-state index in [9.17, 15) is 18.0 Å². The van der Waals surface area contributed by atoms with E-state index in [1.807, 2.05) is 20.8 Å². The van der Waals surface area contributed by atoms with Crippen molar-refractivity contribution in [2.75, 3.05) is 26.2 Å². The van der Waals surface area contributed by atoms with Gasteiger partial charge < -0.3 is 9.80 Å². The molecule has 0 saturated carbocycles. The molecule has 1 aliphatic rings. The molecule has 1 amide bonds. The number of hydrogen-bond donors (Lipinski definition) is 0. The molecule has 1 saturated heterocycles. The molecule has 26 heavy (non-hydrogen) atoms. The van der Waals surface area contributed by atoms with Gasteiger partial charge in [-0.25, -0.2) is 0 Å². The standard InChI is InChI=1S/C20H29F3N2O/c1-19(2,3)18(26)25(14-13-24-11-5-4-6-12-24)15-16-7-9-17(10-8-16)20(21,22)23/h7-10H,4-6,11-15H2,1-3H3. The zero-order valence-electron chi connectivity index (χ0n) is 15.9. The van der Waals surface area contributed by atoms with E-state index in [2.05, 4.69) is 4.90 Å². The molecular formula is C20H29F3N2O. The van der Waals surface area contributed by atoms with Crippen LogP contribution in [0.15, 0.2) is 24.3 Å². The maximum atomic E-state index is 12.8. The molecule has 0 unspecified atom stereocenters. The number of nitrogens with zero attached hydrogens (tertiary/aromatic N) is 2. The molecule has 6 heteroatoms. The van der Waals surface area contributed by atoms with Crippen LogP contribution in [0.1, 0.15) is 51.2 Å². The van der Waals surface area contributed by atoms with Gasteiger partial charge in [-0.05, 0) is 43.6 Å². The molecule has 0 radical (unpaired) electrons. The second kappa shape index (κ2) is 8.42. The number of alkyl halides is 3. The lowest BCUT2D eigenvalue weighted by molar-refractivity contribution is -0.140. The van der Waals surface area contributed by atoms with E-state index in [-0.39, 0.29) is 5.91 Å². The van der Waals surface area contributed by atoms with E-state index < -0.39 is 17.2 Å². The minimum absolute atomic E-state index is 0.0226. The van der Waals surface area contributed by atoms with Crippen molar-refractivity contribution in [2.24, 2.45) is 5.41 Å². The van der Waals surface area contributed by atoms with Gasteiger partial charge in [-0.15, -0.1) is 0 Å². The summed E-state index contributed by atoms with van der Waals surface area (Å²) in [7, 11) is 0. The lowest BCUT2D eigenvalue weighted by Gasteiger charge is -2.33. The highest BCUT2D eigenvalue weighted by atomic mass is 19.4. The molecule has 2 rings (SSSR count). The fourth-order valence-electron chi connectivity index (χ4n) is 3.19. The number of carbonyl (C=O) groups is 1. The Morgan fingerprint density at radius 2 is 1.62 bits per heavy atom. The first-order valence-electron chi connectivity index (χ1n) is 9.25. The molecule has 1 aliphatic heterocycles. The summed E-state index contributed by atoms with van der Waals surface area (Å²) in [4.78, 5) is 16.9. The number of amides is 1. The smallest absolute Gasteiger partial charge is 0.337 e. The topological polar surface area (TPSA) is 23.6 Å². The first-order valence-corrected chi connectivity index (χ1v) is 9.25. The second-order valence-corrected chi connectivity index (χ2v) is 8.07. The van der Waals surface area contributed by atoms with Crippen LogP contribution in [0.25, 0.3) is 0 Å². The summed E-state index contributed by atoms with van der Waals surface area (Å²) in [5, 5.41) is 0. The van der Waals surface area contributed by atoms with Crippen molar-refractivity contribution in [2.45, 2.75) is 52.8 Å². The minimum Gasteiger partial charge on any atom is -0.337 e. The Morgan fingerprint density at radius 1 is 1.04 bits per heavy atom. The van der Waals surface area contributed by atoms with Gasteiger partial charge in [0, 0.05) is 25.0 Å². The van der Waals surface area contributed by atoms with Crippen LogP contribution in [0.2, 0.25) is 0 Å². The number of rotatable bonds is 5. The van der Waals surface area contributed by atoms with E-state index in [1.165, 1.54) is 31.4 Å². The monoisotopic (exact) mass is 370 g/mol. The summed E-state index contributed by atoms with van der Waals surface area (Å²) in [6.45, 7) is 9.46. The summed E-state index contributed by atoms with van der Waals surface area (Å²) >= 11 is 0. The molecule has 0 N–H and O–H groups in total. The molecule has 0 spiro atoms. The lowest BCUT2D eigenvalue weighted by atomic mass is 9.94. The fraction of sp³-hybridized carbons (Fsp3) is 0.650. The van der Waals surface area contributed by atoms with Gasteiger partial charge in [-0.1, -0.05) is 39.3 Å². The third-order valence-electron chi connectivity index (χ3n) is 4.72. The summed E-state index contributed by atoms with van der Waals surface area (Å²) in [6.07, 6.45) is -0.710. The van der Waals surface area contributed by atoms with E-state index >= 15 is 0 Å². The number of halogens is 3. The third-order valence-corrected chi connectivity index (χ3v) is 4.72. The molecule has 1 heterocycles. The zero-order valence-corrected chi connectivity index (χ0v) is 15.9. The molecule has 146 valence electrons. The molecule has 1 aromatic carbocycles. The highest BCUT2D eigenvalue weighted by molar-refractivity contribution is 5.81. The maximum absolute atomic E-state index is 12.8. The van der Waals surface area contributed by atoms with Gasteiger partial charge in [0.1, 0.15) is 0 Å². The third kappa shape index (κ3) is 6.01. The lowest BCUT2D eigenvalue weighted by Crippen LogP contribution is -2.44. The molecular weight excluding hydrogens is 341 g/mol. The number of carbonyl (C=O) groups excluding carboxylic acids is 1. The quantitative estimate of drug-likeness (QED) is 0.758. The Labute approximate surface area is 154 Å². The van der Waals surface area contributed by atoms with Crippen LogP contribution in [0.5, 0.6) is 0 Å². The summed E-state index contributed by atoms with van der Waals surface area (Å²) in [5.74, 6) is 0.0226. The molecule has 0 atom stereocenters. The van der Waals surface area contributed by atoms with E-state index in [4.69, 9.17) is 0 Å². The van der Waals surface area contributed by atoms with Crippen LogP contribution >= 0.6 is 0 Å².